The number of halogens is 2. The molecule has 0 aliphatic carbocycles. The maximum atomic E-state index is 13.6. The molecule has 0 radical (unpaired) electrons. The lowest BCUT2D eigenvalue weighted by atomic mass is 9.85. The fourth-order valence-electron chi connectivity index (χ4n) is 2.96. The normalized spacial score (nSPS) is 19.7. The van der Waals surface area contributed by atoms with Crippen molar-refractivity contribution in [1.82, 2.24) is 10.2 Å². The molecule has 1 aliphatic rings. The Balaban J connectivity index is 1.88. The average molecular weight is 310 g/mol. The van der Waals surface area contributed by atoms with Crippen molar-refractivity contribution >= 4 is 5.91 Å². The Bertz CT molecular complexity index is 515. The molecule has 2 atom stereocenters. The van der Waals surface area contributed by atoms with Crippen molar-refractivity contribution in [3.8, 4) is 0 Å². The molecular weight excluding hydrogens is 286 g/mol. The molecule has 1 aromatic rings. The molecule has 0 bridgehead atoms. The van der Waals surface area contributed by atoms with Crippen molar-refractivity contribution in [1.29, 1.82) is 0 Å². The van der Waals surface area contributed by atoms with Crippen LogP contribution >= 0.6 is 0 Å². The lowest BCUT2D eigenvalue weighted by molar-refractivity contribution is -0.131. The summed E-state index contributed by atoms with van der Waals surface area (Å²) in [6, 6.07) is 3.46. The zero-order chi connectivity index (χ0) is 16.1. The summed E-state index contributed by atoms with van der Waals surface area (Å²) in [4.78, 5) is 13.8. The maximum Gasteiger partial charge on any atom is 0.222 e. The third kappa shape index (κ3) is 4.50. The van der Waals surface area contributed by atoms with Crippen molar-refractivity contribution in [2.24, 2.45) is 11.8 Å². The third-order valence-corrected chi connectivity index (χ3v) is 4.48. The lowest BCUT2D eigenvalue weighted by Gasteiger charge is -2.29. The SMILES string of the molecule is CC(CC(=O)N(C)Cc1ccc(F)cc1F)C1CCCNC1. The monoisotopic (exact) mass is 310 g/mol. The first-order valence-electron chi connectivity index (χ1n) is 7.86. The van der Waals surface area contributed by atoms with Crippen molar-refractivity contribution in [2.75, 3.05) is 20.1 Å². The van der Waals surface area contributed by atoms with Gasteiger partial charge in [-0.15, -0.1) is 0 Å². The highest BCUT2D eigenvalue weighted by atomic mass is 19.1. The van der Waals surface area contributed by atoms with Gasteiger partial charge < -0.3 is 10.2 Å². The van der Waals surface area contributed by atoms with E-state index in [0.29, 0.717) is 23.8 Å². The van der Waals surface area contributed by atoms with E-state index in [4.69, 9.17) is 0 Å². The highest BCUT2D eigenvalue weighted by molar-refractivity contribution is 5.76. The molecule has 122 valence electrons. The summed E-state index contributed by atoms with van der Waals surface area (Å²) in [5, 5.41) is 3.36. The fourth-order valence-corrected chi connectivity index (χ4v) is 2.96. The van der Waals surface area contributed by atoms with Crippen LogP contribution in [0.4, 0.5) is 8.78 Å². The summed E-state index contributed by atoms with van der Waals surface area (Å²) in [5.74, 6) is -0.380. The molecule has 3 nitrogen and oxygen atoms in total. The van der Waals surface area contributed by atoms with Crippen LogP contribution in [0.2, 0.25) is 0 Å². The first-order valence-corrected chi connectivity index (χ1v) is 7.86. The molecule has 1 aliphatic heterocycles. The molecule has 1 aromatic carbocycles. The molecule has 1 heterocycles. The first-order chi connectivity index (χ1) is 10.5. The van der Waals surface area contributed by atoms with Crippen LogP contribution in [0.25, 0.3) is 0 Å². The van der Waals surface area contributed by atoms with Gasteiger partial charge in [0.05, 0.1) is 0 Å². The number of carbonyl (C=O) groups is 1. The van der Waals surface area contributed by atoms with Crippen LogP contribution in [-0.2, 0) is 11.3 Å². The van der Waals surface area contributed by atoms with Crippen LogP contribution < -0.4 is 5.32 Å². The fraction of sp³-hybridized carbons (Fsp3) is 0.588. The van der Waals surface area contributed by atoms with Gasteiger partial charge in [-0.25, -0.2) is 8.78 Å². The number of hydrogen-bond acceptors (Lipinski definition) is 2. The minimum atomic E-state index is -0.607. The number of carbonyl (C=O) groups excluding carboxylic acids is 1. The van der Waals surface area contributed by atoms with E-state index in [9.17, 15) is 13.6 Å². The van der Waals surface area contributed by atoms with Crippen molar-refractivity contribution < 1.29 is 13.6 Å². The summed E-state index contributed by atoms with van der Waals surface area (Å²) in [6.07, 6.45) is 2.77. The van der Waals surface area contributed by atoms with Gasteiger partial charge in [0, 0.05) is 31.6 Å². The molecule has 0 aromatic heterocycles. The van der Waals surface area contributed by atoms with E-state index in [1.54, 1.807) is 7.05 Å². The van der Waals surface area contributed by atoms with Gasteiger partial charge in [0.1, 0.15) is 11.6 Å². The molecule has 22 heavy (non-hydrogen) atoms. The van der Waals surface area contributed by atoms with Crippen LogP contribution in [0.15, 0.2) is 18.2 Å². The molecule has 1 saturated heterocycles. The zero-order valence-electron chi connectivity index (χ0n) is 13.2. The highest BCUT2D eigenvalue weighted by Crippen LogP contribution is 2.23. The standard InChI is InChI=1S/C17H24F2N2O/c1-12(13-4-3-7-20-10-13)8-17(22)21(2)11-14-5-6-15(18)9-16(14)19/h5-6,9,12-13,20H,3-4,7-8,10-11H2,1-2H3. The van der Waals surface area contributed by atoms with Crippen LogP contribution in [0.1, 0.15) is 31.7 Å². The van der Waals surface area contributed by atoms with Crippen molar-refractivity contribution in [3.63, 3.8) is 0 Å². The van der Waals surface area contributed by atoms with Gasteiger partial charge in [-0.3, -0.25) is 4.79 Å². The molecule has 0 spiro atoms. The van der Waals surface area contributed by atoms with Crippen molar-refractivity contribution in [3.05, 3.63) is 35.4 Å². The lowest BCUT2D eigenvalue weighted by Crippen LogP contribution is -2.36. The molecule has 0 saturated carbocycles. The van der Waals surface area contributed by atoms with E-state index in [-0.39, 0.29) is 12.5 Å². The number of hydrogen-bond donors (Lipinski definition) is 1. The van der Waals surface area contributed by atoms with Gasteiger partial charge in [-0.1, -0.05) is 13.0 Å². The second-order valence-corrected chi connectivity index (χ2v) is 6.27. The number of rotatable bonds is 5. The molecule has 2 unspecified atom stereocenters. The molecule has 5 heteroatoms. The van der Waals surface area contributed by atoms with E-state index in [1.807, 2.05) is 0 Å². The summed E-state index contributed by atoms with van der Waals surface area (Å²) >= 11 is 0. The topological polar surface area (TPSA) is 32.3 Å². The Morgan fingerprint density at radius 2 is 2.23 bits per heavy atom. The third-order valence-electron chi connectivity index (χ3n) is 4.48. The average Bonchev–Trinajstić information content (AvgIpc) is 2.50. The Morgan fingerprint density at radius 1 is 1.45 bits per heavy atom. The van der Waals surface area contributed by atoms with Gasteiger partial charge in [0.2, 0.25) is 5.91 Å². The number of nitrogens with zero attached hydrogens (tertiary/aromatic N) is 1. The Labute approximate surface area is 130 Å². The van der Waals surface area contributed by atoms with E-state index in [0.717, 1.165) is 32.0 Å². The minimum absolute atomic E-state index is 0.00167. The Hall–Kier alpha value is -1.49. The van der Waals surface area contributed by atoms with E-state index >= 15 is 0 Å². The Morgan fingerprint density at radius 3 is 2.86 bits per heavy atom. The maximum absolute atomic E-state index is 13.6. The van der Waals surface area contributed by atoms with E-state index in [2.05, 4.69) is 12.2 Å². The van der Waals surface area contributed by atoms with Gasteiger partial charge >= 0.3 is 0 Å². The summed E-state index contributed by atoms with van der Waals surface area (Å²) < 4.78 is 26.5. The van der Waals surface area contributed by atoms with Crippen LogP contribution in [0.5, 0.6) is 0 Å². The largest absolute Gasteiger partial charge is 0.341 e. The first kappa shape index (κ1) is 16.9. The van der Waals surface area contributed by atoms with Crippen molar-refractivity contribution in [2.45, 2.75) is 32.7 Å². The van der Waals surface area contributed by atoms with E-state index in [1.165, 1.54) is 17.0 Å². The second-order valence-electron chi connectivity index (χ2n) is 6.27. The summed E-state index contributed by atoms with van der Waals surface area (Å²) in [7, 11) is 1.66. The second kappa shape index (κ2) is 7.68. The predicted molar refractivity (Wildman–Crippen MR) is 82.2 cm³/mol. The summed E-state index contributed by atoms with van der Waals surface area (Å²) in [5.41, 5.74) is 0.337. The Kier molecular flexibility index (Phi) is 5.89. The molecule has 1 N–H and O–H groups in total. The van der Waals surface area contributed by atoms with Gasteiger partial charge in [0.25, 0.3) is 0 Å². The molecule has 2 rings (SSSR count). The van der Waals surface area contributed by atoms with Crippen LogP contribution in [-0.4, -0.2) is 30.9 Å². The summed E-state index contributed by atoms with van der Waals surface area (Å²) in [6.45, 7) is 4.29. The quantitative estimate of drug-likeness (QED) is 0.907. The highest BCUT2D eigenvalue weighted by Gasteiger charge is 2.23. The van der Waals surface area contributed by atoms with Gasteiger partial charge in [-0.2, -0.15) is 0 Å². The minimum Gasteiger partial charge on any atom is -0.341 e. The van der Waals surface area contributed by atoms with Gasteiger partial charge in [0.15, 0.2) is 0 Å². The zero-order valence-corrected chi connectivity index (χ0v) is 13.2. The van der Waals surface area contributed by atoms with Crippen LogP contribution in [0.3, 0.4) is 0 Å². The van der Waals surface area contributed by atoms with E-state index < -0.39 is 11.6 Å². The molecule has 1 amide bonds. The molecule has 1 fully saturated rings. The van der Waals surface area contributed by atoms with Gasteiger partial charge in [-0.05, 0) is 43.8 Å². The van der Waals surface area contributed by atoms with Crippen LogP contribution in [0, 0.1) is 23.5 Å². The molecular formula is C17H24F2N2O. The number of nitrogens with one attached hydrogen (secondary N) is 1. The number of piperidine rings is 1. The smallest absolute Gasteiger partial charge is 0.222 e. The predicted octanol–water partition coefficient (Wildman–Crippen LogP) is 2.95. The number of benzene rings is 1. The number of amides is 1.